The van der Waals surface area contributed by atoms with Gasteiger partial charge in [0.05, 0.1) is 16.1 Å². The maximum Gasteiger partial charge on any atom is 0.237 e. The van der Waals surface area contributed by atoms with Crippen molar-refractivity contribution in [1.29, 1.82) is 0 Å². The Kier molecular flexibility index (Phi) is 2.63. The fraction of sp³-hybridized carbons (Fsp3) is 0.286. The number of ketones is 1. The predicted octanol–water partition coefficient (Wildman–Crippen LogP) is 3.18. The maximum absolute atomic E-state index is 11.7. The van der Waals surface area contributed by atoms with Crippen LogP contribution >= 0.6 is 11.3 Å². The molecule has 0 saturated heterocycles. The second-order valence-electron chi connectivity index (χ2n) is 4.90. The lowest BCUT2D eigenvalue weighted by Gasteiger charge is -1.98. The second-order valence-corrected chi connectivity index (χ2v) is 5.84. The summed E-state index contributed by atoms with van der Waals surface area (Å²) in [4.78, 5) is 20.5. The molecule has 4 rings (SSSR count). The van der Waals surface area contributed by atoms with Crippen LogP contribution in [0.4, 0.5) is 0 Å². The zero-order chi connectivity index (χ0) is 13.5. The number of hydrogen-bond donors (Lipinski definition) is 0. The topological polar surface area (TPSA) is 68.9 Å². The number of hydrogen-bond acceptors (Lipinski definition) is 6. The first-order valence-corrected chi connectivity index (χ1v) is 7.39. The SMILES string of the molecule is O=C1CCCC1c1nc(-c2cnc3ccsc3c2)no1. The molecule has 0 aliphatic heterocycles. The van der Waals surface area contributed by atoms with Gasteiger partial charge in [-0.3, -0.25) is 9.78 Å². The van der Waals surface area contributed by atoms with Crippen LogP contribution in [0.25, 0.3) is 21.6 Å². The zero-order valence-corrected chi connectivity index (χ0v) is 11.4. The molecule has 1 aliphatic rings. The molecule has 1 unspecified atom stereocenters. The first-order valence-electron chi connectivity index (χ1n) is 6.51. The predicted molar refractivity (Wildman–Crippen MR) is 74.5 cm³/mol. The van der Waals surface area contributed by atoms with Crippen molar-refractivity contribution in [1.82, 2.24) is 15.1 Å². The highest BCUT2D eigenvalue weighted by Crippen LogP contribution is 2.31. The standard InChI is InChI=1S/C14H11N3O2S/c18-11-3-1-2-9(11)14-16-13(17-19-14)8-6-12-10(15-7-8)4-5-20-12/h4-7,9H,1-3H2. The molecule has 6 heteroatoms. The molecule has 3 heterocycles. The van der Waals surface area contributed by atoms with Crippen LogP contribution in [0, 0.1) is 0 Å². The van der Waals surface area contributed by atoms with Crippen molar-refractivity contribution in [3.63, 3.8) is 0 Å². The molecule has 1 saturated carbocycles. The van der Waals surface area contributed by atoms with Crippen LogP contribution in [0.15, 0.2) is 28.2 Å². The van der Waals surface area contributed by atoms with Gasteiger partial charge < -0.3 is 4.52 Å². The van der Waals surface area contributed by atoms with Gasteiger partial charge in [-0.05, 0) is 30.4 Å². The highest BCUT2D eigenvalue weighted by Gasteiger charge is 2.31. The largest absolute Gasteiger partial charge is 0.338 e. The van der Waals surface area contributed by atoms with Crippen molar-refractivity contribution in [2.24, 2.45) is 0 Å². The Hall–Kier alpha value is -2.08. The van der Waals surface area contributed by atoms with Gasteiger partial charge in [0, 0.05) is 18.2 Å². The minimum absolute atomic E-state index is 0.201. The molecular weight excluding hydrogens is 274 g/mol. The number of fused-ring (bicyclic) bond motifs is 1. The average Bonchev–Trinajstić information content (AvgIpc) is 3.17. The third-order valence-corrected chi connectivity index (χ3v) is 4.46. The van der Waals surface area contributed by atoms with Gasteiger partial charge in [0.15, 0.2) is 0 Å². The summed E-state index contributed by atoms with van der Waals surface area (Å²) >= 11 is 1.63. The minimum atomic E-state index is -0.213. The van der Waals surface area contributed by atoms with Crippen LogP contribution in [0.3, 0.4) is 0 Å². The monoisotopic (exact) mass is 285 g/mol. The lowest BCUT2D eigenvalue weighted by Crippen LogP contribution is -2.04. The van der Waals surface area contributed by atoms with E-state index in [9.17, 15) is 4.79 Å². The molecule has 1 fully saturated rings. The van der Waals surface area contributed by atoms with Crippen molar-refractivity contribution in [3.05, 3.63) is 29.6 Å². The summed E-state index contributed by atoms with van der Waals surface area (Å²) in [5, 5.41) is 5.98. The van der Waals surface area contributed by atoms with Gasteiger partial charge in [0.1, 0.15) is 5.78 Å². The Balaban J connectivity index is 1.71. The fourth-order valence-electron chi connectivity index (χ4n) is 2.54. The normalized spacial score (nSPS) is 19.0. The van der Waals surface area contributed by atoms with Crippen LogP contribution in [0.5, 0.6) is 0 Å². The molecule has 0 amide bonds. The highest BCUT2D eigenvalue weighted by molar-refractivity contribution is 7.17. The first-order chi connectivity index (χ1) is 9.81. The quantitative estimate of drug-likeness (QED) is 0.723. The van der Waals surface area contributed by atoms with Crippen LogP contribution in [-0.4, -0.2) is 20.9 Å². The van der Waals surface area contributed by atoms with Gasteiger partial charge in [-0.1, -0.05) is 5.16 Å². The number of carbonyl (C=O) groups is 1. The van der Waals surface area contributed by atoms with Crippen molar-refractivity contribution in [2.75, 3.05) is 0 Å². The minimum Gasteiger partial charge on any atom is -0.338 e. The summed E-state index contributed by atoms with van der Waals surface area (Å²) in [6, 6.07) is 3.97. The van der Waals surface area contributed by atoms with Gasteiger partial charge in [0.2, 0.25) is 11.7 Å². The van der Waals surface area contributed by atoms with E-state index in [1.165, 1.54) is 0 Å². The molecule has 0 spiro atoms. The molecule has 0 radical (unpaired) electrons. The van der Waals surface area contributed by atoms with E-state index in [4.69, 9.17) is 4.52 Å². The average molecular weight is 285 g/mol. The van der Waals surface area contributed by atoms with Crippen LogP contribution < -0.4 is 0 Å². The molecular formula is C14H11N3O2S. The van der Waals surface area contributed by atoms with Crippen molar-refractivity contribution >= 4 is 27.3 Å². The Labute approximate surface area is 118 Å². The van der Waals surface area contributed by atoms with Gasteiger partial charge in [0.25, 0.3) is 0 Å². The molecule has 0 aromatic carbocycles. The Morgan fingerprint density at radius 2 is 2.35 bits per heavy atom. The number of thiophene rings is 1. The van der Waals surface area contributed by atoms with Gasteiger partial charge in [-0.15, -0.1) is 11.3 Å². The van der Waals surface area contributed by atoms with E-state index in [0.29, 0.717) is 18.1 Å². The van der Waals surface area contributed by atoms with E-state index in [0.717, 1.165) is 28.6 Å². The summed E-state index contributed by atoms with van der Waals surface area (Å²) in [7, 11) is 0. The number of nitrogens with zero attached hydrogens (tertiary/aromatic N) is 3. The number of aromatic nitrogens is 3. The summed E-state index contributed by atoms with van der Waals surface area (Å²) < 4.78 is 6.35. The molecule has 100 valence electrons. The fourth-order valence-corrected chi connectivity index (χ4v) is 3.32. The lowest BCUT2D eigenvalue weighted by atomic mass is 10.1. The zero-order valence-electron chi connectivity index (χ0n) is 10.6. The lowest BCUT2D eigenvalue weighted by molar-refractivity contribution is -0.119. The first kappa shape index (κ1) is 11.7. The van der Waals surface area contributed by atoms with E-state index < -0.39 is 0 Å². The van der Waals surface area contributed by atoms with E-state index in [1.54, 1.807) is 17.5 Å². The molecule has 1 aliphatic carbocycles. The van der Waals surface area contributed by atoms with Crippen molar-refractivity contribution < 1.29 is 9.32 Å². The molecule has 3 aromatic rings. The summed E-state index contributed by atoms with van der Waals surface area (Å²) in [6.45, 7) is 0. The molecule has 5 nitrogen and oxygen atoms in total. The van der Waals surface area contributed by atoms with Crippen molar-refractivity contribution in [2.45, 2.75) is 25.2 Å². The number of rotatable bonds is 2. The van der Waals surface area contributed by atoms with E-state index in [2.05, 4.69) is 15.1 Å². The Morgan fingerprint density at radius 1 is 1.40 bits per heavy atom. The molecule has 1 atom stereocenters. The van der Waals surface area contributed by atoms with E-state index >= 15 is 0 Å². The molecule has 3 aromatic heterocycles. The third kappa shape index (κ3) is 1.84. The Morgan fingerprint density at radius 3 is 3.20 bits per heavy atom. The van der Waals surface area contributed by atoms with Gasteiger partial charge in [-0.25, -0.2) is 0 Å². The molecule has 0 bridgehead atoms. The third-order valence-electron chi connectivity index (χ3n) is 3.61. The van der Waals surface area contributed by atoms with Crippen LogP contribution in [0.2, 0.25) is 0 Å². The number of Topliss-reactive ketones (excluding diaryl/α,β-unsaturated/α-hetero) is 1. The number of pyridine rings is 1. The molecule has 0 N–H and O–H groups in total. The summed E-state index contributed by atoms with van der Waals surface area (Å²) in [6.07, 6.45) is 4.07. The summed E-state index contributed by atoms with van der Waals surface area (Å²) in [5.74, 6) is 0.929. The van der Waals surface area contributed by atoms with Crippen molar-refractivity contribution in [3.8, 4) is 11.4 Å². The van der Waals surface area contributed by atoms with E-state index in [-0.39, 0.29) is 11.7 Å². The van der Waals surface area contributed by atoms with Gasteiger partial charge in [-0.2, -0.15) is 4.98 Å². The van der Waals surface area contributed by atoms with E-state index in [1.807, 2.05) is 17.5 Å². The molecule has 20 heavy (non-hydrogen) atoms. The second kappa shape index (κ2) is 4.49. The maximum atomic E-state index is 11.7. The van der Waals surface area contributed by atoms with Crippen LogP contribution in [-0.2, 0) is 4.79 Å². The van der Waals surface area contributed by atoms with Gasteiger partial charge >= 0.3 is 0 Å². The Bertz CT molecular complexity index is 792. The highest BCUT2D eigenvalue weighted by atomic mass is 32.1. The van der Waals surface area contributed by atoms with Crippen LogP contribution in [0.1, 0.15) is 31.1 Å². The summed E-state index contributed by atoms with van der Waals surface area (Å²) in [5.41, 5.74) is 1.79. The smallest absolute Gasteiger partial charge is 0.237 e. The number of carbonyl (C=O) groups excluding carboxylic acids is 1.